The van der Waals surface area contributed by atoms with Crippen molar-refractivity contribution in [1.29, 1.82) is 0 Å². The molecule has 21 nitrogen and oxygen atoms in total. The largest absolute Gasteiger partial charge is 0.456 e. The van der Waals surface area contributed by atoms with Crippen LogP contribution in [0.5, 0.6) is 0 Å². The Kier molecular flexibility index (Phi) is 18.5. The van der Waals surface area contributed by atoms with Crippen LogP contribution >= 0.6 is 0 Å². The number of esters is 9. The highest BCUT2D eigenvalue weighted by Gasteiger charge is 2.57. The van der Waals surface area contributed by atoms with E-state index in [1.807, 2.05) is 0 Å². The highest BCUT2D eigenvalue weighted by Crippen LogP contribution is 2.35. The van der Waals surface area contributed by atoms with Gasteiger partial charge >= 0.3 is 66.1 Å². The highest BCUT2D eigenvalue weighted by molar-refractivity contribution is 5.95. The van der Waals surface area contributed by atoms with Gasteiger partial charge in [-0.2, -0.15) is 26.3 Å². The maximum Gasteiger partial charge on any atom is 0.422 e. The van der Waals surface area contributed by atoms with E-state index < -0.39 is 160 Å². The molecule has 0 amide bonds. The molecule has 2 fully saturated rings. The van der Waals surface area contributed by atoms with Gasteiger partial charge in [-0.1, -0.05) is 0 Å². The molecule has 0 aromatic heterocycles. The highest BCUT2D eigenvalue weighted by atomic mass is 19.4. The average molecular weight is 887 g/mol. The van der Waals surface area contributed by atoms with Crippen molar-refractivity contribution in [2.24, 2.45) is 5.92 Å². The van der Waals surface area contributed by atoms with Gasteiger partial charge in [-0.05, 0) is 0 Å². The number of halogens is 6. The summed E-state index contributed by atoms with van der Waals surface area (Å²) in [7, 11) is 0. The molecule has 2 rings (SSSR count). The van der Waals surface area contributed by atoms with Crippen LogP contribution in [0.2, 0.25) is 0 Å². The second-order valence-electron chi connectivity index (χ2n) is 12.7. The molecule has 10 atom stereocenters. The molecule has 0 N–H and O–H groups in total. The van der Waals surface area contributed by atoms with Gasteiger partial charge in [0.25, 0.3) is 0 Å². The Morgan fingerprint density at radius 2 is 0.767 bits per heavy atom. The third-order valence-corrected chi connectivity index (χ3v) is 7.49. The van der Waals surface area contributed by atoms with E-state index in [4.69, 9.17) is 47.4 Å². The van der Waals surface area contributed by atoms with E-state index in [1.54, 1.807) is 0 Å². The van der Waals surface area contributed by atoms with Crippen LogP contribution in [-0.2, 0) is 100.0 Å². The lowest BCUT2D eigenvalue weighted by molar-refractivity contribution is -0.330. The van der Waals surface area contributed by atoms with E-state index >= 15 is 0 Å². The van der Waals surface area contributed by atoms with Crippen LogP contribution in [0.15, 0.2) is 0 Å². The fourth-order valence-electron chi connectivity index (χ4n) is 5.64. The summed E-state index contributed by atoms with van der Waals surface area (Å²) in [6.45, 7) is 0.313. The molecule has 0 radical (unpaired) electrons. The van der Waals surface area contributed by atoms with Crippen LogP contribution in [0.25, 0.3) is 0 Å². The summed E-state index contributed by atoms with van der Waals surface area (Å²) in [6, 6.07) is 0. The SMILES string of the molecule is CC(=O)OC1O[C@H](CO[C@H]2O[C@H](CC(C(=O)OCC(F)(F)F)C(=O)OCC(F)(F)F)[C@H](OC(C)=O)[C@H](OC(C)=O)[C@H]2OC(C)=O)[C@@H](OC(C)=O)[C@H](OC(C)=O)[C@H]1OC(C)=O. The van der Waals surface area contributed by atoms with E-state index in [1.165, 1.54) is 0 Å². The second kappa shape index (κ2) is 21.8. The van der Waals surface area contributed by atoms with E-state index in [0.717, 1.165) is 48.5 Å². The number of ether oxygens (including phenoxy) is 12. The minimum absolute atomic E-state index is 0.774. The predicted molar refractivity (Wildman–Crippen MR) is 170 cm³/mol. The number of rotatable bonds is 16. The van der Waals surface area contributed by atoms with E-state index in [-0.39, 0.29) is 0 Å². The monoisotopic (exact) mass is 886 g/mol. The van der Waals surface area contributed by atoms with E-state index in [0.29, 0.717) is 0 Å². The van der Waals surface area contributed by atoms with Gasteiger partial charge < -0.3 is 56.8 Å². The molecule has 2 saturated heterocycles. The van der Waals surface area contributed by atoms with Crippen molar-refractivity contribution in [2.75, 3.05) is 19.8 Å². The molecule has 0 saturated carbocycles. The summed E-state index contributed by atoms with van der Waals surface area (Å²) in [5.41, 5.74) is 0. The molecule has 340 valence electrons. The Balaban J connectivity index is 2.74. The molecule has 2 aliphatic heterocycles. The molecule has 2 heterocycles. The molecular formula is C33H40F6O21. The van der Waals surface area contributed by atoms with Crippen molar-refractivity contribution in [2.45, 2.75) is 129 Å². The van der Waals surface area contributed by atoms with Gasteiger partial charge in [0.15, 0.2) is 55.9 Å². The number of carbonyl (C=O) groups excluding carboxylic acids is 9. The molecule has 0 bridgehead atoms. The Labute approximate surface area is 334 Å². The molecule has 0 spiro atoms. The molecule has 1 unspecified atom stereocenters. The van der Waals surface area contributed by atoms with Crippen molar-refractivity contribution in [3.05, 3.63) is 0 Å². The molecule has 0 aromatic carbocycles. The van der Waals surface area contributed by atoms with Crippen molar-refractivity contribution in [3.8, 4) is 0 Å². The quantitative estimate of drug-likeness (QED) is 0.0899. The lowest BCUT2D eigenvalue weighted by atomic mass is 9.90. The topological polar surface area (TPSA) is 264 Å². The van der Waals surface area contributed by atoms with Gasteiger partial charge in [-0.15, -0.1) is 0 Å². The summed E-state index contributed by atoms with van der Waals surface area (Å²) in [6.07, 6.45) is -31.5. The van der Waals surface area contributed by atoms with Crippen molar-refractivity contribution in [1.82, 2.24) is 0 Å². The number of carbonyl (C=O) groups is 9. The summed E-state index contributed by atoms with van der Waals surface area (Å²) < 4.78 is 140. The lowest BCUT2D eigenvalue weighted by Gasteiger charge is -2.46. The van der Waals surface area contributed by atoms with Crippen molar-refractivity contribution < 1.29 is 126 Å². The minimum Gasteiger partial charge on any atom is -0.456 e. The maximum atomic E-state index is 13.0. The van der Waals surface area contributed by atoms with Gasteiger partial charge in [-0.25, -0.2) is 0 Å². The van der Waals surface area contributed by atoms with Gasteiger partial charge in [0, 0.05) is 54.9 Å². The van der Waals surface area contributed by atoms with Crippen LogP contribution in [0.3, 0.4) is 0 Å². The first-order chi connectivity index (χ1) is 27.6. The minimum atomic E-state index is -5.21. The maximum absolute atomic E-state index is 13.0. The molecule has 0 aliphatic carbocycles. The fraction of sp³-hybridized carbons (Fsp3) is 0.727. The molecule has 0 aromatic rings. The van der Waals surface area contributed by atoms with Crippen LogP contribution in [0, 0.1) is 5.92 Å². The third kappa shape index (κ3) is 16.7. The predicted octanol–water partition coefficient (Wildman–Crippen LogP) is 0.823. The lowest BCUT2D eigenvalue weighted by Crippen LogP contribution is -2.65. The van der Waals surface area contributed by atoms with E-state index in [2.05, 4.69) is 9.47 Å². The van der Waals surface area contributed by atoms with Gasteiger partial charge in [-0.3, -0.25) is 43.2 Å². The number of hydrogen-bond donors (Lipinski definition) is 0. The van der Waals surface area contributed by atoms with Gasteiger partial charge in [0.2, 0.25) is 12.4 Å². The van der Waals surface area contributed by atoms with E-state index in [9.17, 15) is 69.5 Å². The Morgan fingerprint density at radius 1 is 0.450 bits per heavy atom. The summed E-state index contributed by atoms with van der Waals surface area (Å²) in [4.78, 5) is 111. The summed E-state index contributed by atoms with van der Waals surface area (Å²) in [5, 5.41) is 0. The Bertz CT molecular complexity index is 1570. The normalized spacial score (nSPS) is 26.7. The zero-order valence-corrected chi connectivity index (χ0v) is 32.5. The summed E-state index contributed by atoms with van der Waals surface area (Å²) >= 11 is 0. The van der Waals surface area contributed by atoms with Crippen LogP contribution in [0.1, 0.15) is 54.9 Å². The molecule has 2 aliphatic rings. The van der Waals surface area contributed by atoms with Gasteiger partial charge in [0.1, 0.15) is 12.2 Å². The number of alkyl halides is 6. The first-order valence-corrected chi connectivity index (χ1v) is 17.2. The second-order valence-corrected chi connectivity index (χ2v) is 12.7. The standard InChI is InChI=1S/C33H40F6O21/c1-12(40)52-22-20(8-19(28(47)50-10-32(34,35)36)29(48)51-11-33(37,38)39)59-30(26(56-16(5)44)24(22)54-14(3)42)49-9-21-23(53-13(2)41)25(55-15(4)43)27(57-17(6)45)31(60-21)58-18(7)46/h19-27,30-31H,8-11H2,1-7H3/t20-,21-,22+,23-,24+,25+,26-,27-,30+,31?/m1/s1. The average Bonchev–Trinajstić information content (AvgIpc) is 3.07. The smallest absolute Gasteiger partial charge is 0.422 e. The molecule has 60 heavy (non-hydrogen) atoms. The number of hydrogen-bond acceptors (Lipinski definition) is 21. The summed E-state index contributed by atoms with van der Waals surface area (Å²) in [5.74, 6) is -14.7. The zero-order chi connectivity index (χ0) is 45.9. The van der Waals surface area contributed by atoms with Crippen molar-refractivity contribution in [3.63, 3.8) is 0 Å². The Hall–Kier alpha value is -5.31. The fourth-order valence-corrected chi connectivity index (χ4v) is 5.64. The van der Waals surface area contributed by atoms with Crippen molar-refractivity contribution >= 4 is 53.7 Å². The van der Waals surface area contributed by atoms with Crippen LogP contribution in [0.4, 0.5) is 26.3 Å². The first kappa shape index (κ1) is 50.8. The van der Waals surface area contributed by atoms with Crippen LogP contribution < -0.4 is 0 Å². The third-order valence-electron chi connectivity index (χ3n) is 7.49. The first-order valence-electron chi connectivity index (χ1n) is 17.2. The Morgan fingerprint density at radius 3 is 1.13 bits per heavy atom. The zero-order valence-electron chi connectivity index (χ0n) is 32.5. The molecule has 27 heteroatoms. The van der Waals surface area contributed by atoms with Crippen LogP contribution in [-0.4, -0.2) is 147 Å². The van der Waals surface area contributed by atoms with Gasteiger partial charge in [0.05, 0.1) is 6.61 Å². The molecular weight excluding hydrogens is 846 g/mol.